The average molecular weight is 455 g/mol. The van der Waals surface area contributed by atoms with Crippen LogP contribution < -0.4 is 0 Å². The second kappa shape index (κ2) is 7.86. The summed E-state index contributed by atoms with van der Waals surface area (Å²) in [4.78, 5) is 11.6. The molecule has 186 valence electrons. The Labute approximate surface area is 203 Å². The first kappa shape index (κ1) is 23.9. The summed E-state index contributed by atoms with van der Waals surface area (Å²) >= 11 is 0. The van der Waals surface area contributed by atoms with Crippen molar-refractivity contribution in [2.45, 2.75) is 125 Å². The molecule has 0 aromatic carbocycles. The minimum absolute atomic E-state index is 0.105. The molecule has 0 aliphatic heterocycles. The molecule has 0 saturated heterocycles. The Bertz CT molecular complexity index is 827. The van der Waals surface area contributed by atoms with E-state index >= 15 is 0 Å². The number of allylic oxidation sites excluding steroid dienone is 1. The van der Waals surface area contributed by atoms with E-state index in [1.165, 1.54) is 57.8 Å². The summed E-state index contributed by atoms with van der Waals surface area (Å²) < 4.78 is 5.66. The Morgan fingerprint density at radius 2 is 1.82 bits per heavy atom. The lowest BCUT2D eigenvalue weighted by molar-refractivity contribution is -0.150. The molecular formula is C31H50O2. The van der Waals surface area contributed by atoms with Crippen molar-refractivity contribution in [2.75, 3.05) is 0 Å². The van der Waals surface area contributed by atoms with Gasteiger partial charge in [0.2, 0.25) is 0 Å². The molecule has 4 saturated carbocycles. The molecular weight excluding hydrogens is 404 g/mol. The quantitative estimate of drug-likeness (QED) is 0.308. The van der Waals surface area contributed by atoms with Crippen LogP contribution in [0.2, 0.25) is 0 Å². The fraction of sp³-hybridized carbons (Fsp3) is 0.903. The third-order valence-electron chi connectivity index (χ3n) is 12.5. The van der Waals surface area contributed by atoms with Gasteiger partial charge in [0.15, 0.2) is 0 Å². The molecule has 0 heterocycles. The topological polar surface area (TPSA) is 26.3 Å². The van der Waals surface area contributed by atoms with Gasteiger partial charge in [-0.1, -0.05) is 66.0 Å². The molecule has 0 radical (unpaired) electrons. The van der Waals surface area contributed by atoms with Crippen LogP contribution in [0.1, 0.15) is 119 Å². The lowest BCUT2D eigenvalue weighted by atomic mass is 9.41. The molecule has 0 aromatic heterocycles. The van der Waals surface area contributed by atoms with E-state index in [-0.39, 0.29) is 12.1 Å². The third kappa shape index (κ3) is 3.27. The van der Waals surface area contributed by atoms with Gasteiger partial charge < -0.3 is 4.74 Å². The minimum Gasteiger partial charge on any atom is -0.462 e. The second-order valence-electron chi connectivity index (χ2n) is 14.2. The standard InChI is InChI=1S/C31H50O2/c1-20(2)9-8-10-25-21(3)31(25)18-14-27-29(6)15-11-23-19-24(33-22(4)32)12-16-28(23,5)26(29)13-17-30(27,31)7/h11,20-21,24-27H,8-10,12-19H2,1-7H3/t21?,24-,25?,26+,27-,28?,29+,30-,31?/m0/s1. The highest BCUT2D eigenvalue weighted by Crippen LogP contribution is 2.83. The van der Waals surface area contributed by atoms with Gasteiger partial charge in [0.25, 0.3) is 0 Å². The van der Waals surface area contributed by atoms with E-state index in [0.717, 1.165) is 42.4 Å². The number of hydrogen-bond donors (Lipinski definition) is 0. The normalized spacial score (nSPS) is 50.4. The van der Waals surface area contributed by atoms with Crippen LogP contribution >= 0.6 is 0 Å². The van der Waals surface area contributed by atoms with E-state index in [4.69, 9.17) is 4.74 Å². The third-order valence-corrected chi connectivity index (χ3v) is 12.5. The van der Waals surface area contributed by atoms with Crippen molar-refractivity contribution in [1.82, 2.24) is 0 Å². The van der Waals surface area contributed by atoms with Crippen LogP contribution in [-0.2, 0) is 9.53 Å². The first-order chi connectivity index (χ1) is 15.5. The lowest BCUT2D eigenvalue weighted by Crippen LogP contribution is -2.56. The van der Waals surface area contributed by atoms with Crippen LogP contribution in [0.5, 0.6) is 0 Å². The predicted octanol–water partition coefficient (Wildman–Crippen LogP) is 8.35. The first-order valence-corrected chi connectivity index (χ1v) is 14.4. The van der Waals surface area contributed by atoms with E-state index in [1.54, 1.807) is 12.5 Å². The monoisotopic (exact) mass is 454 g/mol. The summed E-state index contributed by atoms with van der Waals surface area (Å²) in [5.41, 5.74) is 3.54. The Morgan fingerprint density at radius 1 is 1.09 bits per heavy atom. The van der Waals surface area contributed by atoms with E-state index in [2.05, 4.69) is 47.6 Å². The van der Waals surface area contributed by atoms with Crippen LogP contribution in [0.25, 0.3) is 0 Å². The van der Waals surface area contributed by atoms with Crippen molar-refractivity contribution >= 4 is 5.97 Å². The van der Waals surface area contributed by atoms with Crippen LogP contribution in [-0.4, -0.2) is 12.1 Å². The molecule has 2 heteroatoms. The fourth-order valence-electron chi connectivity index (χ4n) is 11.1. The average Bonchev–Trinajstić information content (AvgIpc) is 3.15. The molecule has 2 nitrogen and oxygen atoms in total. The van der Waals surface area contributed by atoms with Gasteiger partial charge in [-0.2, -0.15) is 0 Å². The summed E-state index contributed by atoms with van der Waals surface area (Å²) in [5, 5.41) is 0. The highest BCUT2D eigenvalue weighted by atomic mass is 16.5. The summed E-state index contributed by atoms with van der Waals surface area (Å²) in [7, 11) is 0. The van der Waals surface area contributed by atoms with Crippen LogP contribution in [0.3, 0.4) is 0 Å². The zero-order chi connectivity index (χ0) is 23.8. The molecule has 5 aliphatic rings. The molecule has 9 atom stereocenters. The van der Waals surface area contributed by atoms with E-state index in [1.807, 2.05) is 0 Å². The summed E-state index contributed by atoms with van der Waals surface area (Å²) in [6.07, 6.45) is 17.3. The number of ether oxygens (including phenoxy) is 1. The zero-order valence-electron chi connectivity index (χ0n) is 22.6. The van der Waals surface area contributed by atoms with E-state index in [0.29, 0.717) is 21.7 Å². The van der Waals surface area contributed by atoms with Crippen molar-refractivity contribution in [3.8, 4) is 0 Å². The molecule has 5 aliphatic carbocycles. The smallest absolute Gasteiger partial charge is 0.302 e. The largest absolute Gasteiger partial charge is 0.462 e. The van der Waals surface area contributed by atoms with Crippen molar-refractivity contribution in [2.24, 2.45) is 51.2 Å². The van der Waals surface area contributed by atoms with E-state index < -0.39 is 0 Å². The number of carbonyl (C=O) groups excluding carboxylic acids is 1. The Balaban J connectivity index is 1.38. The first-order valence-electron chi connectivity index (χ1n) is 14.4. The zero-order valence-corrected chi connectivity index (χ0v) is 22.6. The SMILES string of the molecule is CC(=O)O[C@H]1CCC2(C)C(=CC[C@]3(C)[C@@H]2CC[C@@]2(C)[C@H]3CCC23C(C)C3CCCC(C)C)C1. The van der Waals surface area contributed by atoms with E-state index in [9.17, 15) is 4.79 Å². The van der Waals surface area contributed by atoms with Crippen molar-refractivity contribution in [1.29, 1.82) is 0 Å². The summed E-state index contributed by atoms with van der Waals surface area (Å²) in [6, 6.07) is 0. The Hall–Kier alpha value is -0.790. The van der Waals surface area contributed by atoms with Gasteiger partial charge in [0.1, 0.15) is 6.10 Å². The predicted molar refractivity (Wildman–Crippen MR) is 136 cm³/mol. The molecule has 0 aromatic rings. The lowest BCUT2D eigenvalue weighted by Gasteiger charge is -2.63. The number of hydrogen-bond acceptors (Lipinski definition) is 2. The minimum atomic E-state index is -0.115. The molecule has 5 rings (SSSR count). The highest BCUT2D eigenvalue weighted by Gasteiger charge is 2.77. The maximum atomic E-state index is 11.6. The molecule has 0 N–H and O–H groups in total. The molecule has 33 heavy (non-hydrogen) atoms. The molecule has 0 bridgehead atoms. The number of rotatable bonds is 5. The summed E-state index contributed by atoms with van der Waals surface area (Å²) in [6.45, 7) is 16.9. The Kier molecular flexibility index (Phi) is 5.70. The van der Waals surface area contributed by atoms with Gasteiger partial charge in [-0.15, -0.1) is 0 Å². The maximum Gasteiger partial charge on any atom is 0.302 e. The number of carbonyl (C=O) groups is 1. The van der Waals surface area contributed by atoms with Crippen LogP contribution in [0.15, 0.2) is 11.6 Å². The van der Waals surface area contributed by atoms with Gasteiger partial charge in [-0.25, -0.2) is 0 Å². The second-order valence-corrected chi connectivity index (χ2v) is 14.2. The number of esters is 1. The van der Waals surface area contributed by atoms with Crippen LogP contribution in [0.4, 0.5) is 0 Å². The van der Waals surface area contributed by atoms with Crippen molar-refractivity contribution < 1.29 is 9.53 Å². The molecule has 0 amide bonds. The van der Waals surface area contributed by atoms with Crippen molar-refractivity contribution in [3.05, 3.63) is 11.6 Å². The maximum absolute atomic E-state index is 11.6. The molecule has 4 fully saturated rings. The van der Waals surface area contributed by atoms with Crippen LogP contribution in [0, 0.1) is 51.2 Å². The van der Waals surface area contributed by atoms with Gasteiger partial charge >= 0.3 is 5.97 Å². The van der Waals surface area contributed by atoms with Gasteiger partial charge in [0.05, 0.1) is 0 Å². The summed E-state index contributed by atoms with van der Waals surface area (Å²) in [5.74, 6) is 4.32. The molecule has 4 unspecified atom stereocenters. The van der Waals surface area contributed by atoms with Gasteiger partial charge in [-0.05, 0) is 103 Å². The van der Waals surface area contributed by atoms with Gasteiger partial charge in [0, 0.05) is 13.3 Å². The number of fused-ring (bicyclic) bond motifs is 6. The van der Waals surface area contributed by atoms with Gasteiger partial charge in [-0.3, -0.25) is 4.79 Å². The Morgan fingerprint density at radius 3 is 2.52 bits per heavy atom. The highest BCUT2D eigenvalue weighted by molar-refractivity contribution is 5.66. The van der Waals surface area contributed by atoms with Crippen molar-refractivity contribution in [3.63, 3.8) is 0 Å². The fourth-order valence-corrected chi connectivity index (χ4v) is 11.1. The molecule has 1 spiro atoms.